The van der Waals surface area contributed by atoms with E-state index in [-0.39, 0.29) is 5.91 Å². The minimum absolute atomic E-state index is 0.142. The zero-order valence-electron chi connectivity index (χ0n) is 9.32. The fourth-order valence-corrected chi connectivity index (χ4v) is 2.05. The molecule has 90 valence electrons. The van der Waals surface area contributed by atoms with E-state index in [1.54, 1.807) is 11.8 Å². The summed E-state index contributed by atoms with van der Waals surface area (Å²) in [5, 5.41) is 2.69. The number of carbonyl (C=O) groups excluding carboxylic acids is 1. The van der Waals surface area contributed by atoms with Crippen molar-refractivity contribution in [3.8, 4) is 0 Å². The maximum atomic E-state index is 11.4. The van der Waals surface area contributed by atoms with E-state index < -0.39 is 16.8 Å². The van der Waals surface area contributed by atoms with Gasteiger partial charge >= 0.3 is 0 Å². The number of rotatable bonds is 8. The van der Waals surface area contributed by atoms with Gasteiger partial charge in [-0.25, -0.2) is 0 Å². The molecule has 0 aromatic heterocycles. The fraction of sp³-hybridized carbons (Fsp3) is 0.889. The van der Waals surface area contributed by atoms with Gasteiger partial charge in [-0.15, -0.1) is 0 Å². The van der Waals surface area contributed by atoms with E-state index >= 15 is 0 Å². The smallest absolute Gasteiger partial charge is 0.236 e. The molecule has 3 N–H and O–H groups in total. The van der Waals surface area contributed by atoms with E-state index in [0.717, 1.165) is 5.75 Å². The van der Waals surface area contributed by atoms with Gasteiger partial charge in [-0.3, -0.25) is 9.00 Å². The molecule has 0 aromatic carbocycles. The molecule has 0 saturated heterocycles. The molecule has 0 saturated carbocycles. The Kier molecular flexibility index (Phi) is 9.13. The van der Waals surface area contributed by atoms with Crippen LogP contribution in [-0.4, -0.2) is 46.2 Å². The maximum absolute atomic E-state index is 11.4. The molecule has 0 heterocycles. The molecule has 6 heteroatoms. The average Bonchev–Trinajstić information content (AvgIpc) is 2.25. The number of carbonyl (C=O) groups is 1. The molecule has 2 atom stereocenters. The summed E-state index contributed by atoms with van der Waals surface area (Å²) in [5.41, 5.74) is 5.65. The summed E-state index contributed by atoms with van der Waals surface area (Å²) in [6, 6.07) is -0.437. The van der Waals surface area contributed by atoms with Gasteiger partial charge in [0.25, 0.3) is 0 Å². The lowest BCUT2D eigenvalue weighted by Gasteiger charge is -2.11. The third-order valence-electron chi connectivity index (χ3n) is 1.92. The first-order valence-corrected chi connectivity index (χ1v) is 7.87. The topological polar surface area (TPSA) is 72.2 Å². The number of amides is 1. The third kappa shape index (κ3) is 7.81. The normalized spacial score (nSPS) is 14.6. The molecule has 1 unspecified atom stereocenters. The number of nitrogens with one attached hydrogen (secondary N) is 1. The van der Waals surface area contributed by atoms with Crippen LogP contribution in [-0.2, 0) is 15.6 Å². The van der Waals surface area contributed by atoms with E-state index in [2.05, 4.69) is 5.32 Å². The predicted octanol–water partition coefficient (Wildman–Crippen LogP) is -0.0484. The Balaban J connectivity index is 3.59. The molecule has 0 bridgehead atoms. The van der Waals surface area contributed by atoms with Crippen molar-refractivity contribution in [2.24, 2.45) is 5.73 Å². The predicted molar refractivity (Wildman–Crippen MR) is 67.5 cm³/mol. The van der Waals surface area contributed by atoms with Crippen molar-refractivity contribution >= 4 is 28.5 Å². The average molecular weight is 252 g/mol. The highest BCUT2D eigenvalue weighted by Gasteiger charge is 2.11. The Morgan fingerprint density at radius 1 is 1.60 bits per heavy atom. The van der Waals surface area contributed by atoms with Gasteiger partial charge in [0.2, 0.25) is 5.91 Å². The van der Waals surface area contributed by atoms with Crippen molar-refractivity contribution in [1.29, 1.82) is 0 Å². The summed E-state index contributed by atoms with van der Waals surface area (Å²) in [7, 11) is -0.822. The first-order chi connectivity index (χ1) is 7.11. The summed E-state index contributed by atoms with van der Waals surface area (Å²) in [4.78, 5) is 11.4. The van der Waals surface area contributed by atoms with Crippen LogP contribution in [0.3, 0.4) is 0 Å². The number of hydrogen-bond acceptors (Lipinski definition) is 4. The standard InChI is InChI=1S/C9H20N2O2S2/c1-3-15(13)7-5-11-9(12)8(10)4-6-14-2/h8H,3-7,10H2,1-2H3,(H,11,12)/t8-,15?/m0/s1. The van der Waals surface area contributed by atoms with E-state index in [1.165, 1.54) is 0 Å². The summed E-state index contributed by atoms with van der Waals surface area (Å²) >= 11 is 1.67. The second kappa shape index (κ2) is 9.18. The van der Waals surface area contributed by atoms with Gasteiger partial charge in [0.1, 0.15) is 0 Å². The lowest BCUT2D eigenvalue weighted by atomic mass is 10.2. The molecule has 1 amide bonds. The lowest BCUT2D eigenvalue weighted by molar-refractivity contribution is -0.122. The first kappa shape index (κ1) is 14.9. The first-order valence-electron chi connectivity index (χ1n) is 4.99. The second-order valence-electron chi connectivity index (χ2n) is 3.11. The van der Waals surface area contributed by atoms with Crippen molar-refractivity contribution < 1.29 is 9.00 Å². The van der Waals surface area contributed by atoms with Crippen LogP contribution in [0.25, 0.3) is 0 Å². The highest BCUT2D eigenvalue weighted by Crippen LogP contribution is 1.98. The van der Waals surface area contributed by atoms with Crippen molar-refractivity contribution in [2.75, 3.05) is 30.1 Å². The molecule has 0 aliphatic rings. The van der Waals surface area contributed by atoms with Gasteiger partial charge in [-0.05, 0) is 18.4 Å². The van der Waals surface area contributed by atoms with E-state index in [4.69, 9.17) is 5.73 Å². The lowest BCUT2D eigenvalue weighted by Crippen LogP contribution is -2.42. The molecular formula is C9H20N2O2S2. The van der Waals surface area contributed by atoms with E-state index in [1.807, 2.05) is 13.2 Å². The Morgan fingerprint density at radius 3 is 2.80 bits per heavy atom. The minimum Gasteiger partial charge on any atom is -0.354 e. The maximum Gasteiger partial charge on any atom is 0.236 e. The highest BCUT2D eigenvalue weighted by atomic mass is 32.2. The summed E-state index contributed by atoms with van der Waals surface area (Å²) in [5.74, 6) is 1.89. The van der Waals surface area contributed by atoms with E-state index in [9.17, 15) is 9.00 Å². The third-order valence-corrected chi connectivity index (χ3v) is 3.87. The molecule has 0 aromatic rings. The molecule has 0 spiro atoms. The number of nitrogens with two attached hydrogens (primary N) is 1. The monoisotopic (exact) mass is 252 g/mol. The van der Waals surface area contributed by atoms with Crippen LogP contribution >= 0.6 is 11.8 Å². The summed E-state index contributed by atoms with van der Waals surface area (Å²) in [6.45, 7) is 2.31. The number of thioether (sulfide) groups is 1. The number of hydrogen-bond donors (Lipinski definition) is 2. The van der Waals surface area contributed by atoms with Crippen LogP contribution in [0.4, 0.5) is 0 Å². The highest BCUT2D eigenvalue weighted by molar-refractivity contribution is 7.98. The molecule has 0 rings (SSSR count). The molecule has 0 aliphatic carbocycles. The van der Waals surface area contributed by atoms with Crippen molar-refractivity contribution in [3.05, 3.63) is 0 Å². The molecule has 0 fully saturated rings. The summed E-state index contributed by atoms with van der Waals surface area (Å²) in [6.07, 6.45) is 2.67. The summed E-state index contributed by atoms with van der Waals surface area (Å²) < 4.78 is 11.1. The van der Waals surface area contributed by atoms with Crippen LogP contribution in [0, 0.1) is 0 Å². The fourth-order valence-electron chi connectivity index (χ4n) is 0.939. The zero-order valence-corrected chi connectivity index (χ0v) is 11.0. The van der Waals surface area contributed by atoms with Crippen LogP contribution in [0.15, 0.2) is 0 Å². The van der Waals surface area contributed by atoms with Crippen LogP contribution in [0.2, 0.25) is 0 Å². The van der Waals surface area contributed by atoms with Gasteiger partial charge in [-0.1, -0.05) is 6.92 Å². The van der Waals surface area contributed by atoms with Crippen molar-refractivity contribution in [1.82, 2.24) is 5.32 Å². The van der Waals surface area contributed by atoms with Crippen molar-refractivity contribution in [3.63, 3.8) is 0 Å². The van der Waals surface area contributed by atoms with Crippen LogP contribution < -0.4 is 11.1 Å². The van der Waals surface area contributed by atoms with Crippen molar-refractivity contribution in [2.45, 2.75) is 19.4 Å². The SMILES string of the molecule is CCS(=O)CCNC(=O)[C@@H](N)CCSC. The van der Waals surface area contributed by atoms with Gasteiger partial charge < -0.3 is 11.1 Å². The zero-order chi connectivity index (χ0) is 11.7. The molecule has 15 heavy (non-hydrogen) atoms. The van der Waals surface area contributed by atoms with Crippen LogP contribution in [0.5, 0.6) is 0 Å². The van der Waals surface area contributed by atoms with Gasteiger partial charge in [0, 0.05) is 28.9 Å². The Hall–Kier alpha value is -0.0700. The van der Waals surface area contributed by atoms with Crippen LogP contribution in [0.1, 0.15) is 13.3 Å². The van der Waals surface area contributed by atoms with Gasteiger partial charge in [0.15, 0.2) is 0 Å². The molecule has 0 radical (unpaired) electrons. The minimum atomic E-state index is -0.822. The van der Waals surface area contributed by atoms with E-state index in [0.29, 0.717) is 24.5 Å². The second-order valence-corrected chi connectivity index (χ2v) is 5.96. The largest absolute Gasteiger partial charge is 0.354 e. The van der Waals surface area contributed by atoms with Gasteiger partial charge in [0.05, 0.1) is 6.04 Å². The Morgan fingerprint density at radius 2 is 2.27 bits per heavy atom. The molecular weight excluding hydrogens is 232 g/mol. The van der Waals surface area contributed by atoms with Gasteiger partial charge in [-0.2, -0.15) is 11.8 Å². The Bertz CT molecular complexity index is 212. The quantitative estimate of drug-likeness (QED) is 0.635. The molecule has 4 nitrogen and oxygen atoms in total. The molecule has 0 aliphatic heterocycles. The Labute approximate surface area is 98.2 Å².